The highest BCUT2D eigenvalue weighted by Gasteiger charge is 2.30. The van der Waals surface area contributed by atoms with Gasteiger partial charge in [-0.3, -0.25) is 15.5 Å². The number of aromatic nitrogens is 1. The molecule has 0 fully saturated rings. The van der Waals surface area contributed by atoms with Crippen LogP contribution in [0.2, 0.25) is 10.0 Å². The summed E-state index contributed by atoms with van der Waals surface area (Å²) in [6.07, 6.45) is -2.41. The molecule has 12 heteroatoms. The molecule has 0 unspecified atom stereocenters. The molecule has 0 aliphatic carbocycles. The van der Waals surface area contributed by atoms with E-state index in [9.17, 15) is 23.3 Å². The molecule has 166 valence electrons. The zero-order valence-corrected chi connectivity index (χ0v) is 17.4. The van der Waals surface area contributed by atoms with Crippen molar-refractivity contribution in [1.82, 2.24) is 4.98 Å². The van der Waals surface area contributed by atoms with Crippen molar-refractivity contribution >= 4 is 40.9 Å². The fourth-order valence-electron chi connectivity index (χ4n) is 2.46. The summed E-state index contributed by atoms with van der Waals surface area (Å²) in [5, 5.41) is 15.0. The molecule has 0 saturated carbocycles. The minimum Gasteiger partial charge on any atom is -0.486 e. The van der Waals surface area contributed by atoms with Crippen LogP contribution in [0.1, 0.15) is 16.7 Å². The van der Waals surface area contributed by atoms with Crippen LogP contribution in [0.25, 0.3) is 0 Å². The number of pyridine rings is 1. The van der Waals surface area contributed by atoms with Crippen LogP contribution in [0.5, 0.6) is 5.75 Å². The van der Waals surface area contributed by atoms with Crippen LogP contribution in [0.4, 0.5) is 24.7 Å². The fraction of sp³-hybridized carbons (Fsp3) is 0.100. The van der Waals surface area contributed by atoms with Gasteiger partial charge in [0.1, 0.15) is 12.4 Å². The Bertz CT molecular complexity index is 1120. The third-order valence-corrected chi connectivity index (χ3v) is 4.60. The molecule has 0 radical (unpaired) electrons. The Kier molecular flexibility index (Phi) is 7.16. The van der Waals surface area contributed by atoms with Crippen LogP contribution in [0.15, 0.2) is 59.8 Å². The van der Waals surface area contributed by atoms with Gasteiger partial charge in [-0.15, -0.1) is 0 Å². The number of nitro groups is 1. The maximum Gasteiger partial charge on any atom is 0.417 e. The number of anilines is 1. The van der Waals surface area contributed by atoms with E-state index in [0.717, 1.165) is 12.1 Å². The Morgan fingerprint density at radius 2 is 1.78 bits per heavy atom. The lowest BCUT2D eigenvalue weighted by molar-refractivity contribution is -0.384. The Balaban J connectivity index is 1.62. The smallest absolute Gasteiger partial charge is 0.417 e. The number of halogens is 5. The second-order valence-corrected chi connectivity index (χ2v) is 7.14. The Morgan fingerprint density at radius 3 is 2.31 bits per heavy atom. The minimum absolute atomic E-state index is 0.0337. The van der Waals surface area contributed by atoms with Crippen molar-refractivity contribution in [1.29, 1.82) is 0 Å². The molecular weight excluding hydrogens is 472 g/mol. The summed E-state index contributed by atoms with van der Waals surface area (Å²) < 4.78 is 43.3. The van der Waals surface area contributed by atoms with E-state index in [2.05, 4.69) is 15.5 Å². The summed E-state index contributed by atoms with van der Waals surface area (Å²) in [7, 11) is 0. The standard InChI is InChI=1S/C20H13Cl2F3N4O3/c21-16-7-13(9-27-28-18-6-3-14(10-26-18)20(23,24)25)8-17(22)19(16)32-11-12-1-4-15(5-2-12)29(30)31/h1-10H,11H2,(H,26,28)/b27-9-. The van der Waals surface area contributed by atoms with Gasteiger partial charge in [-0.05, 0) is 47.5 Å². The van der Waals surface area contributed by atoms with Crippen LogP contribution in [-0.2, 0) is 12.8 Å². The van der Waals surface area contributed by atoms with Crippen LogP contribution < -0.4 is 10.2 Å². The molecule has 0 aliphatic rings. The van der Waals surface area contributed by atoms with E-state index in [1.165, 1.54) is 30.5 Å². The van der Waals surface area contributed by atoms with Crippen molar-refractivity contribution in [3.63, 3.8) is 0 Å². The summed E-state index contributed by atoms with van der Waals surface area (Å²) in [6, 6.07) is 10.9. The van der Waals surface area contributed by atoms with E-state index in [0.29, 0.717) is 17.3 Å². The quantitative estimate of drug-likeness (QED) is 0.240. The predicted octanol–water partition coefficient (Wildman–Crippen LogP) is 6.34. The summed E-state index contributed by atoms with van der Waals surface area (Å²) in [4.78, 5) is 13.8. The van der Waals surface area contributed by atoms with Gasteiger partial charge >= 0.3 is 6.18 Å². The maximum absolute atomic E-state index is 12.5. The van der Waals surface area contributed by atoms with Gasteiger partial charge in [0.15, 0.2) is 5.75 Å². The topological polar surface area (TPSA) is 89.7 Å². The number of benzene rings is 2. The lowest BCUT2D eigenvalue weighted by atomic mass is 10.2. The van der Waals surface area contributed by atoms with E-state index >= 15 is 0 Å². The second kappa shape index (κ2) is 9.84. The number of hydrazone groups is 1. The number of ether oxygens (including phenoxy) is 1. The van der Waals surface area contributed by atoms with Gasteiger partial charge in [0.2, 0.25) is 0 Å². The van der Waals surface area contributed by atoms with Crippen LogP contribution in [-0.4, -0.2) is 16.1 Å². The van der Waals surface area contributed by atoms with Gasteiger partial charge in [0.05, 0.1) is 26.7 Å². The first-order chi connectivity index (χ1) is 15.1. The Hall–Kier alpha value is -3.37. The van der Waals surface area contributed by atoms with E-state index in [1.54, 1.807) is 12.1 Å². The Labute approximate surface area is 189 Å². The fourth-order valence-corrected chi connectivity index (χ4v) is 3.07. The third kappa shape index (κ3) is 6.08. The molecule has 1 heterocycles. The molecule has 7 nitrogen and oxygen atoms in total. The zero-order chi connectivity index (χ0) is 23.3. The number of non-ortho nitro benzene ring substituents is 1. The molecule has 1 N–H and O–H groups in total. The second-order valence-electron chi connectivity index (χ2n) is 6.33. The average molecular weight is 485 g/mol. The van der Waals surface area contributed by atoms with E-state index in [1.807, 2.05) is 0 Å². The zero-order valence-electron chi connectivity index (χ0n) is 15.9. The van der Waals surface area contributed by atoms with Gasteiger partial charge in [-0.25, -0.2) is 4.98 Å². The van der Waals surface area contributed by atoms with Crippen LogP contribution in [0.3, 0.4) is 0 Å². The molecular formula is C20H13Cl2F3N4O3. The number of alkyl halides is 3. The number of hydrogen-bond donors (Lipinski definition) is 1. The summed E-state index contributed by atoms with van der Waals surface area (Å²) >= 11 is 12.4. The van der Waals surface area contributed by atoms with Gasteiger partial charge in [0, 0.05) is 18.3 Å². The molecule has 3 aromatic rings. The number of nitro benzene ring substituents is 1. The van der Waals surface area contributed by atoms with Gasteiger partial charge < -0.3 is 4.74 Å². The van der Waals surface area contributed by atoms with Crippen LogP contribution >= 0.6 is 23.2 Å². The predicted molar refractivity (Wildman–Crippen MR) is 114 cm³/mol. The van der Waals surface area contributed by atoms with Crippen molar-refractivity contribution in [3.8, 4) is 5.75 Å². The molecule has 3 rings (SSSR count). The maximum atomic E-state index is 12.5. The number of nitrogens with zero attached hydrogens (tertiary/aromatic N) is 3. The molecule has 32 heavy (non-hydrogen) atoms. The Morgan fingerprint density at radius 1 is 1.12 bits per heavy atom. The SMILES string of the molecule is O=[N+]([O-])c1ccc(COc2c(Cl)cc(/C=N\Nc3ccc(C(F)(F)F)cn3)cc2Cl)cc1. The number of nitrogens with one attached hydrogen (secondary N) is 1. The summed E-state index contributed by atoms with van der Waals surface area (Å²) in [5.41, 5.74) is 2.79. The largest absolute Gasteiger partial charge is 0.486 e. The highest BCUT2D eigenvalue weighted by atomic mass is 35.5. The van der Waals surface area contributed by atoms with Gasteiger partial charge in [-0.2, -0.15) is 18.3 Å². The number of hydrogen-bond acceptors (Lipinski definition) is 6. The molecule has 0 spiro atoms. The van der Waals surface area contributed by atoms with Crippen molar-refractivity contribution in [2.75, 3.05) is 5.43 Å². The average Bonchev–Trinajstić information content (AvgIpc) is 2.73. The highest BCUT2D eigenvalue weighted by Crippen LogP contribution is 2.34. The van der Waals surface area contributed by atoms with E-state index in [4.69, 9.17) is 27.9 Å². The molecule has 2 aromatic carbocycles. The van der Waals surface area contributed by atoms with Crippen molar-refractivity contribution in [3.05, 3.63) is 91.6 Å². The van der Waals surface area contributed by atoms with Gasteiger partial charge in [0.25, 0.3) is 5.69 Å². The van der Waals surface area contributed by atoms with Crippen LogP contribution in [0, 0.1) is 10.1 Å². The molecule has 0 aliphatic heterocycles. The molecule has 0 atom stereocenters. The molecule has 0 bridgehead atoms. The summed E-state index contributed by atoms with van der Waals surface area (Å²) in [6.45, 7) is 0.0893. The normalized spacial score (nSPS) is 11.5. The third-order valence-electron chi connectivity index (χ3n) is 4.03. The summed E-state index contributed by atoms with van der Waals surface area (Å²) in [5.74, 6) is 0.343. The first kappa shape index (κ1) is 23.3. The van der Waals surface area contributed by atoms with Crippen molar-refractivity contribution in [2.45, 2.75) is 12.8 Å². The van der Waals surface area contributed by atoms with E-state index in [-0.39, 0.29) is 33.9 Å². The molecule has 0 saturated heterocycles. The van der Waals surface area contributed by atoms with Gasteiger partial charge in [-0.1, -0.05) is 23.2 Å². The lowest BCUT2D eigenvalue weighted by Crippen LogP contribution is -2.05. The monoisotopic (exact) mass is 484 g/mol. The highest BCUT2D eigenvalue weighted by molar-refractivity contribution is 6.37. The number of rotatable bonds is 7. The van der Waals surface area contributed by atoms with Crippen molar-refractivity contribution in [2.24, 2.45) is 5.10 Å². The molecule has 0 amide bonds. The van der Waals surface area contributed by atoms with Crippen molar-refractivity contribution < 1.29 is 22.8 Å². The van der Waals surface area contributed by atoms with E-state index < -0.39 is 16.7 Å². The lowest BCUT2D eigenvalue weighted by Gasteiger charge is -2.11. The minimum atomic E-state index is -4.47. The first-order valence-electron chi connectivity index (χ1n) is 8.81. The molecule has 1 aromatic heterocycles. The first-order valence-corrected chi connectivity index (χ1v) is 9.56.